The molecule has 10 aromatic rings. The van der Waals surface area contributed by atoms with Crippen molar-refractivity contribution in [1.82, 2.24) is 15.0 Å². The third-order valence-electron chi connectivity index (χ3n) is 9.12. The van der Waals surface area contributed by atoms with E-state index in [-0.39, 0.29) is 0 Å². The van der Waals surface area contributed by atoms with Crippen LogP contribution in [0.2, 0.25) is 0 Å². The van der Waals surface area contributed by atoms with Crippen LogP contribution in [-0.2, 0) is 0 Å². The van der Waals surface area contributed by atoms with Gasteiger partial charge in [0.15, 0.2) is 17.5 Å². The van der Waals surface area contributed by atoms with E-state index in [1.54, 1.807) is 0 Å². The van der Waals surface area contributed by atoms with Gasteiger partial charge in [-0.15, -0.1) is 11.3 Å². The van der Waals surface area contributed by atoms with Crippen molar-refractivity contribution in [2.45, 2.75) is 0 Å². The van der Waals surface area contributed by atoms with Crippen LogP contribution in [0, 0.1) is 0 Å². The number of benzene rings is 7. The molecule has 0 bridgehead atoms. The minimum Gasteiger partial charge on any atom is -0.455 e. The van der Waals surface area contributed by atoms with Crippen LogP contribution < -0.4 is 0 Å². The van der Waals surface area contributed by atoms with Crippen molar-refractivity contribution in [1.29, 1.82) is 0 Å². The number of thiophene rings is 1. The molecule has 0 saturated heterocycles. The van der Waals surface area contributed by atoms with Crippen LogP contribution in [0.15, 0.2) is 156 Å². The van der Waals surface area contributed by atoms with Crippen LogP contribution in [0.1, 0.15) is 0 Å². The quantitative estimate of drug-likeness (QED) is 0.194. The Morgan fingerprint density at radius 3 is 1.79 bits per heavy atom. The average molecular weight is 632 g/mol. The van der Waals surface area contributed by atoms with Gasteiger partial charge in [0, 0.05) is 58.8 Å². The molecule has 0 aliphatic carbocycles. The first kappa shape index (κ1) is 27.0. The van der Waals surface area contributed by atoms with Gasteiger partial charge in [-0.2, -0.15) is 0 Å². The molecule has 0 radical (unpaired) electrons. The zero-order valence-electron chi connectivity index (χ0n) is 25.6. The van der Waals surface area contributed by atoms with Gasteiger partial charge in [0.2, 0.25) is 0 Å². The summed E-state index contributed by atoms with van der Waals surface area (Å²) in [6, 6.07) is 52.6. The Labute approximate surface area is 279 Å². The monoisotopic (exact) mass is 631 g/mol. The second-order valence-electron chi connectivity index (χ2n) is 12.0. The fourth-order valence-corrected chi connectivity index (χ4v) is 8.08. The molecule has 0 N–H and O–H groups in total. The van der Waals surface area contributed by atoms with E-state index in [1.165, 1.54) is 20.2 Å². The second kappa shape index (κ2) is 10.7. The number of aromatic nitrogens is 3. The van der Waals surface area contributed by atoms with Crippen LogP contribution in [-0.4, -0.2) is 15.0 Å². The zero-order valence-corrected chi connectivity index (χ0v) is 26.4. The molecule has 0 spiro atoms. The number of fused-ring (bicyclic) bond motifs is 7. The normalized spacial score (nSPS) is 11.8. The molecule has 4 nitrogen and oxygen atoms in total. The van der Waals surface area contributed by atoms with Gasteiger partial charge in [-0.3, -0.25) is 0 Å². The molecule has 0 fully saturated rings. The molecule has 3 heterocycles. The summed E-state index contributed by atoms with van der Waals surface area (Å²) in [6.45, 7) is 0. The molecule has 0 aliphatic heterocycles. The largest absolute Gasteiger partial charge is 0.455 e. The third kappa shape index (κ3) is 4.25. The number of rotatable bonds is 4. The van der Waals surface area contributed by atoms with E-state index >= 15 is 0 Å². The molecule has 0 saturated carbocycles. The molecule has 0 amide bonds. The van der Waals surface area contributed by atoms with E-state index in [9.17, 15) is 0 Å². The lowest BCUT2D eigenvalue weighted by molar-refractivity contribution is 0.670. The lowest BCUT2D eigenvalue weighted by Gasteiger charge is -2.11. The van der Waals surface area contributed by atoms with Gasteiger partial charge >= 0.3 is 0 Å². The Morgan fingerprint density at radius 2 is 1.04 bits per heavy atom. The lowest BCUT2D eigenvalue weighted by atomic mass is 9.96. The van der Waals surface area contributed by atoms with E-state index in [1.807, 2.05) is 72.0 Å². The molecule has 0 atom stereocenters. The van der Waals surface area contributed by atoms with Crippen molar-refractivity contribution in [3.8, 4) is 45.3 Å². The maximum Gasteiger partial charge on any atom is 0.164 e. The third-order valence-corrected chi connectivity index (χ3v) is 10.3. The Hall–Kier alpha value is -6.17. The average Bonchev–Trinajstić information content (AvgIpc) is 3.73. The fourth-order valence-electron chi connectivity index (χ4n) is 6.85. The SMILES string of the molecule is c1ccc(-c2nc(-c3ccccc3)nc(-c3ccc(-c4cccc5c4sc4ccccc45)c4oc5cc6ccccc6cc5c34)n2)cc1. The van der Waals surface area contributed by atoms with Gasteiger partial charge in [-0.05, 0) is 41.1 Å². The van der Waals surface area contributed by atoms with Crippen molar-refractivity contribution < 1.29 is 4.42 Å². The highest BCUT2D eigenvalue weighted by Crippen LogP contribution is 2.46. The van der Waals surface area contributed by atoms with Gasteiger partial charge in [0.25, 0.3) is 0 Å². The Morgan fingerprint density at radius 1 is 0.438 bits per heavy atom. The van der Waals surface area contributed by atoms with E-state index in [0.29, 0.717) is 17.5 Å². The molecule has 48 heavy (non-hydrogen) atoms. The summed E-state index contributed by atoms with van der Waals surface area (Å²) in [7, 11) is 0. The number of nitrogens with zero attached hydrogens (tertiary/aromatic N) is 3. The highest BCUT2D eigenvalue weighted by Gasteiger charge is 2.22. The predicted octanol–water partition coefficient (Wildman–Crippen LogP) is 12.0. The molecule has 0 unspecified atom stereocenters. The number of furan rings is 1. The molecular formula is C43H25N3OS. The summed E-state index contributed by atoms with van der Waals surface area (Å²) >= 11 is 1.83. The summed E-state index contributed by atoms with van der Waals surface area (Å²) in [5.74, 6) is 1.87. The van der Waals surface area contributed by atoms with Crippen molar-refractivity contribution in [2.75, 3.05) is 0 Å². The van der Waals surface area contributed by atoms with Gasteiger partial charge < -0.3 is 4.42 Å². The Balaban J connectivity index is 1.30. The smallest absolute Gasteiger partial charge is 0.164 e. The van der Waals surface area contributed by atoms with E-state index in [0.717, 1.165) is 60.5 Å². The van der Waals surface area contributed by atoms with E-state index < -0.39 is 0 Å². The Kier molecular flexibility index (Phi) is 6.01. The van der Waals surface area contributed by atoms with Crippen LogP contribution in [0.3, 0.4) is 0 Å². The molecule has 10 rings (SSSR count). The number of hydrogen-bond donors (Lipinski definition) is 0. The minimum atomic E-state index is 0.607. The second-order valence-corrected chi connectivity index (χ2v) is 13.0. The number of hydrogen-bond acceptors (Lipinski definition) is 5. The molecule has 224 valence electrons. The van der Waals surface area contributed by atoms with Gasteiger partial charge in [-0.25, -0.2) is 15.0 Å². The maximum absolute atomic E-state index is 6.89. The van der Waals surface area contributed by atoms with Crippen molar-refractivity contribution >= 4 is 64.2 Å². The first-order valence-corrected chi connectivity index (χ1v) is 16.8. The maximum atomic E-state index is 6.89. The first-order valence-electron chi connectivity index (χ1n) is 15.9. The summed E-state index contributed by atoms with van der Waals surface area (Å²) in [5.41, 5.74) is 6.64. The highest BCUT2D eigenvalue weighted by molar-refractivity contribution is 7.26. The van der Waals surface area contributed by atoms with E-state index in [2.05, 4.69) is 91.0 Å². The zero-order chi connectivity index (χ0) is 31.6. The summed E-state index contributed by atoms with van der Waals surface area (Å²) in [6.07, 6.45) is 0. The minimum absolute atomic E-state index is 0.607. The predicted molar refractivity (Wildman–Crippen MR) is 199 cm³/mol. The molecular weight excluding hydrogens is 607 g/mol. The van der Waals surface area contributed by atoms with Crippen LogP contribution in [0.4, 0.5) is 0 Å². The molecule has 3 aromatic heterocycles. The van der Waals surface area contributed by atoms with Crippen LogP contribution >= 0.6 is 11.3 Å². The van der Waals surface area contributed by atoms with E-state index in [4.69, 9.17) is 19.4 Å². The summed E-state index contributed by atoms with van der Waals surface area (Å²) < 4.78 is 9.41. The first-order chi connectivity index (χ1) is 23.8. The summed E-state index contributed by atoms with van der Waals surface area (Å²) in [5, 5.41) is 6.85. The van der Waals surface area contributed by atoms with Crippen LogP contribution in [0.25, 0.3) is 98.2 Å². The van der Waals surface area contributed by atoms with Crippen LogP contribution in [0.5, 0.6) is 0 Å². The topological polar surface area (TPSA) is 51.8 Å². The van der Waals surface area contributed by atoms with Crippen molar-refractivity contribution in [3.05, 3.63) is 152 Å². The van der Waals surface area contributed by atoms with Gasteiger partial charge in [-0.1, -0.05) is 121 Å². The molecule has 0 aliphatic rings. The highest BCUT2D eigenvalue weighted by atomic mass is 32.1. The van der Waals surface area contributed by atoms with Gasteiger partial charge in [0.05, 0.1) is 0 Å². The standard InChI is InChI=1S/C43H25N3OS/c1-3-12-26(13-4-1)41-44-42(27-14-5-2-6-15-27)46-43(45-41)34-23-22-31(33-20-11-19-32-30-18-9-10-21-37(30)48-40(32)33)39-38(34)35-24-28-16-7-8-17-29(28)25-36(35)47-39/h1-25H. The van der Waals surface area contributed by atoms with Crippen molar-refractivity contribution in [2.24, 2.45) is 0 Å². The van der Waals surface area contributed by atoms with Gasteiger partial charge in [0.1, 0.15) is 11.2 Å². The molecule has 5 heteroatoms. The fraction of sp³-hybridized carbons (Fsp3) is 0. The molecule has 7 aromatic carbocycles. The van der Waals surface area contributed by atoms with Crippen molar-refractivity contribution in [3.63, 3.8) is 0 Å². The Bertz CT molecular complexity index is 2780. The lowest BCUT2D eigenvalue weighted by Crippen LogP contribution is -2.00. The summed E-state index contributed by atoms with van der Waals surface area (Å²) in [4.78, 5) is 15.2.